The minimum Gasteiger partial charge on any atom is -0.396 e. The Kier molecular flexibility index (Phi) is 2.85. The van der Waals surface area contributed by atoms with E-state index in [1.807, 2.05) is 0 Å². The quantitative estimate of drug-likeness (QED) is 0.884. The van der Waals surface area contributed by atoms with Crippen LogP contribution >= 0.6 is 0 Å². The Morgan fingerprint density at radius 3 is 2.80 bits per heavy atom. The van der Waals surface area contributed by atoms with Crippen molar-refractivity contribution in [1.29, 1.82) is 0 Å². The highest BCUT2D eigenvalue weighted by Crippen LogP contribution is 2.65. The van der Waals surface area contributed by atoms with Crippen molar-refractivity contribution in [2.24, 2.45) is 16.7 Å². The highest BCUT2D eigenvalue weighted by atomic mass is 16.2. The normalized spacial score (nSPS) is 34.4. The van der Waals surface area contributed by atoms with Gasteiger partial charge in [-0.15, -0.1) is 0 Å². The van der Waals surface area contributed by atoms with Crippen LogP contribution in [0.4, 0.5) is 5.69 Å². The number of nitrogens with one attached hydrogen (secondary N) is 1. The number of anilines is 1. The van der Waals surface area contributed by atoms with Gasteiger partial charge in [0.2, 0.25) is 5.91 Å². The average molecular weight is 276 g/mol. The second-order valence-electron chi connectivity index (χ2n) is 7.20. The molecule has 0 radical (unpaired) electrons. The van der Waals surface area contributed by atoms with Gasteiger partial charge in [0.25, 0.3) is 0 Å². The van der Waals surface area contributed by atoms with Crippen molar-refractivity contribution in [1.82, 2.24) is 15.1 Å². The van der Waals surface area contributed by atoms with Crippen LogP contribution in [0.5, 0.6) is 0 Å². The van der Waals surface area contributed by atoms with E-state index in [4.69, 9.17) is 5.73 Å². The van der Waals surface area contributed by atoms with Crippen LogP contribution in [0, 0.1) is 16.7 Å². The molecule has 2 aliphatic rings. The number of nitrogens with zero attached hydrogens (tertiary/aromatic N) is 2. The fraction of sp³-hybridized carbons (Fsp3) is 0.733. The fourth-order valence-corrected chi connectivity index (χ4v) is 4.28. The van der Waals surface area contributed by atoms with E-state index in [0.29, 0.717) is 11.1 Å². The lowest BCUT2D eigenvalue weighted by molar-refractivity contribution is -0.123. The Bertz CT molecular complexity index is 536. The third kappa shape index (κ3) is 1.83. The summed E-state index contributed by atoms with van der Waals surface area (Å²) in [4.78, 5) is 12.2. The third-order valence-electron chi connectivity index (χ3n) is 6.09. The van der Waals surface area contributed by atoms with E-state index in [9.17, 15) is 4.79 Å². The van der Waals surface area contributed by atoms with Crippen molar-refractivity contribution in [3.63, 3.8) is 0 Å². The van der Waals surface area contributed by atoms with Gasteiger partial charge in [0.1, 0.15) is 6.54 Å². The number of aromatic nitrogens is 2. The third-order valence-corrected chi connectivity index (χ3v) is 6.09. The zero-order valence-corrected chi connectivity index (χ0v) is 12.5. The number of fused-ring (bicyclic) bond motifs is 2. The molecule has 2 bridgehead atoms. The largest absolute Gasteiger partial charge is 0.396 e. The van der Waals surface area contributed by atoms with E-state index in [1.165, 1.54) is 12.8 Å². The van der Waals surface area contributed by atoms with Crippen molar-refractivity contribution >= 4 is 11.6 Å². The van der Waals surface area contributed by atoms with Crippen LogP contribution in [0.3, 0.4) is 0 Å². The van der Waals surface area contributed by atoms with E-state index in [1.54, 1.807) is 17.1 Å². The van der Waals surface area contributed by atoms with E-state index < -0.39 is 0 Å². The summed E-state index contributed by atoms with van der Waals surface area (Å²) < 4.78 is 1.59. The Labute approximate surface area is 119 Å². The van der Waals surface area contributed by atoms with E-state index in [2.05, 4.69) is 31.2 Å². The molecule has 3 unspecified atom stereocenters. The maximum Gasteiger partial charge on any atom is 0.241 e. The van der Waals surface area contributed by atoms with Gasteiger partial charge >= 0.3 is 0 Å². The van der Waals surface area contributed by atoms with Crippen molar-refractivity contribution in [2.45, 2.75) is 52.6 Å². The minimum atomic E-state index is 0.0303. The molecule has 1 amide bonds. The zero-order chi connectivity index (χ0) is 14.5. The summed E-state index contributed by atoms with van der Waals surface area (Å²) in [5, 5.41) is 7.28. The van der Waals surface area contributed by atoms with Crippen LogP contribution < -0.4 is 11.1 Å². The van der Waals surface area contributed by atoms with Crippen LogP contribution in [0.1, 0.15) is 40.0 Å². The predicted octanol–water partition coefficient (Wildman–Crippen LogP) is 1.80. The molecule has 1 aromatic heterocycles. The number of nitrogen functional groups attached to an aromatic ring is 1. The van der Waals surface area contributed by atoms with Gasteiger partial charge in [-0.25, -0.2) is 0 Å². The molecule has 1 heterocycles. The molecule has 2 aliphatic carbocycles. The Balaban J connectivity index is 1.66. The van der Waals surface area contributed by atoms with E-state index in [0.717, 1.165) is 12.3 Å². The number of hydrogen-bond donors (Lipinski definition) is 2. The molecular weight excluding hydrogens is 252 g/mol. The van der Waals surface area contributed by atoms with Gasteiger partial charge < -0.3 is 11.1 Å². The summed E-state index contributed by atoms with van der Waals surface area (Å²) in [6, 6.07) is 0.289. The first-order chi connectivity index (χ1) is 9.33. The first-order valence-electron chi connectivity index (χ1n) is 7.40. The standard InChI is InChI=1S/C15H24N4O/c1-14(2)10-4-5-15(14,3)12(6-10)18-13(20)9-19-8-11(16)7-17-19/h7-8,10,12H,4-6,9,16H2,1-3H3,(H,18,20). The van der Waals surface area contributed by atoms with Crippen molar-refractivity contribution < 1.29 is 4.79 Å². The van der Waals surface area contributed by atoms with Gasteiger partial charge in [0, 0.05) is 12.2 Å². The van der Waals surface area contributed by atoms with E-state index in [-0.39, 0.29) is 23.9 Å². The summed E-state index contributed by atoms with van der Waals surface area (Å²) >= 11 is 0. The molecule has 0 spiro atoms. The maximum absolute atomic E-state index is 12.2. The van der Waals surface area contributed by atoms with Gasteiger partial charge in [0.05, 0.1) is 11.9 Å². The highest BCUT2D eigenvalue weighted by molar-refractivity contribution is 5.76. The number of hydrogen-bond acceptors (Lipinski definition) is 3. The van der Waals surface area contributed by atoms with Gasteiger partial charge in [-0.05, 0) is 36.0 Å². The molecule has 1 aromatic rings. The van der Waals surface area contributed by atoms with Gasteiger partial charge in [-0.3, -0.25) is 9.48 Å². The van der Waals surface area contributed by atoms with E-state index >= 15 is 0 Å². The molecule has 2 fully saturated rings. The molecule has 5 heteroatoms. The minimum absolute atomic E-state index is 0.0303. The lowest BCUT2D eigenvalue weighted by atomic mass is 9.69. The second-order valence-corrected chi connectivity index (χ2v) is 7.20. The second kappa shape index (κ2) is 4.24. The Hall–Kier alpha value is -1.52. The first-order valence-corrected chi connectivity index (χ1v) is 7.40. The molecule has 3 rings (SSSR count). The highest BCUT2D eigenvalue weighted by Gasteiger charge is 2.61. The molecule has 3 atom stereocenters. The number of rotatable bonds is 3. The lowest BCUT2D eigenvalue weighted by Crippen LogP contribution is -2.47. The molecular formula is C15H24N4O. The van der Waals surface area contributed by atoms with Crippen LogP contribution in [-0.2, 0) is 11.3 Å². The Morgan fingerprint density at radius 2 is 2.30 bits per heavy atom. The van der Waals surface area contributed by atoms with Crippen molar-refractivity contribution in [2.75, 3.05) is 5.73 Å². The smallest absolute Gasteiger partial charge is 0.241 e. The van der Waals surface area contributed by atoms with Crippen molar-refractivity contribution in [3.8, 4) is 0 Å². The maximum atomic E-state index is 12.2. The molecule has 0 aliphatic heterocycles. The number of nitrogens with two attached hydrogens (primary N) is 1. The zero-order valence-electron chi connectivity index (χ0n) is 12.5. The summed E-state index contributed by atoms with van der Waals surface area (Å²) in [5.74, 6) is 0.765. The van der Waals surface area contributed by atoms with Gasteiger partial charge in [-0.1, -0.05) is 20.8 Å². The molecule has 2 saturated carbocycles. The first kappa shape index (κ1) is 13.5. The summed E-state index contributed by atoms with van der Waals surface area (Å²) in [7, 11) is 0. The molecule has 5 nitrogen and oxygen atoms in total. The van der Waals surface area contributed by atoms with Gasteiger partial charge in [-0.2, -0.15) is 5.10 Å². The van der Waals surface area contributed by atoms with Crippen LogP contribution in [-0.4, -0.2) is 21.7 Å². The number of amides is 1. The summed E-state index contributed by atoms with van der Waals surface area (Å²) in [6.45, 7) is 7.28. The van der Waals surface area contributed by atoms with Crippen molar-refractivity contribution in [3.05, 3.63) is 12.4 Å². The molecule has 0 aromatic carbocycles. The molecule has 20 heavy (non-hydrogen) atoms. The van der Waals surface area contributed by atoms with Crippen LogP contribution in [0.2, 0.25) is 0 Å². The van der Waals surface area contributed by atoms with Gasteiger partial charge in [0.15, 0.2) is 0 Å². The SMILES string of the molecule is CC1(C)C2CCC1(C)C(NC(=O)Cn1cc(N)cn1)C2. The molecule has 3 N–H and O–H groups in total. The summed E-state index contributed by atoms with van der Waals surface area (Å²) in [5.41, 5.74) is 6.74. The summed E-state index contributed by atoms with van der Waals surface area (Å²) in [6.07, 6.45) is 6.87. The Morgan fingerprint density at radius 1 is 1.55 bits per heavy atom. The monoisotopic (exact) mass is 276 g/mol. The molecule has 0 saturated heterocycles. The average Bonchev–Trinajstić information content (AvgIpc) is 2.90. The number of carbonyl (C=O) groups excluding carboxylic acids is 1. The molecule has 110 valence electrons. The fourth-order valence-electron chi connectivity index (χ4n) is 4.28. The van der Waals surface area contributed by atoms with Crippen LogP contribution in [0.25, 0.3) is 0 Å². The topological polar surface area (TPSA) is 72.9 Å². The van der Waals surface area contributed by atoms with Crippen LogP contribution in [0.15, 0.2) is 12.4 Å². The number of carbonyl (C=O) groups is 1. The predicted molar refractivity (Wildman–Crippen MR) is 77.8 cm³/mol. The lowest BCUT2D eigenvalue weighted by Gasteiger charge is -2.39.